The number of fused-ring (bicyclic) bond motifs is 2. The van der Waals surface area contributed by atoms with Gasteiger partial charge in [-0.15, -0.1) is 0 Å². The fourth-order valence-corrected chi connectivity index (χ4v) is 3.57. The molecule has 2 aliphatic rings. The lowest BCUT2D eigenvalue weighted by molar-refractivity contribution is -0.384. The number of non-ortho nitro benzene ring substituents is 1. The molecular formula is C15H14N2O3. The monoisotopic (exact) mass is 270 g/mol. The lowest BCUT2D eigenvalue weighted by atomic mass is 9.93. The summed E-state index contributed by atoms with van der Waals surface area (Å²) in [7, 11) is 0. The highest BCUT2D eigenvalue weighted by Gasteiger charge is 2.48. The van der Waals surface area contributed by atoms with E-state index < -0.39 is 4.92 Å². The number of hydrogen-bond donors (Lipinski definition) is 1. The summed E-state index contributed by atoms with van der Waals surface area (Å²) in [6.45, 7) is 0. The second-order valence-electron chi connectivity index (χ2n) is 5.98. The quantitative estimate of drug-likeness (QED) is 0.528. The predicted octanol–water partition coefficient (Wildman–Crippen LogP) is 3.30. The Hall–Kier alpha value is -2.17. The summed E-state index contributed by atoms with van der Waals surface area (Å²) < 4.78 is 0. The summed E-state index contributed by atoms with van der Waals surface area (Å²) in [4.78, 5) is 26.1. The maximum absolute atomic E-state index is 12.6. The fraction of sp³-hybridized carbons (Fsp3) is 0.400. The maximum Gasteiger partial charge on any atom is 0.270 e. The minimum atomic E-state index is -0.425. The molecule has 20 heavy (non-hydrogen) atoms. The molecule has 102 valence electrons. The Bertz CT molecular complexity index is 724. The van der Waals surface area contributed by atoms with Gasteiger partial charge in [-0.1, -0.05) is 0 Å². The van der Waals surface area contributed by atoms with Crippen LogP contribution in [0.25, 0.3) is 10.9 Å². The highest BCUT2D eigenvalue weighted by molar-refractivity contribution is 6.09. The number of nitro benzene ring substituents is 1. The molecule has 0 bridgehead atoms. The maximum atomic E-state index is 12.6. The van der Waals surface area contributed by atoms with Crippen molar-refractivity contribution < 1.29 is 9.72 Å². The first-order valence-corrected chi connectivity index (χ1v) is 6.93. The van der Waals surface area contributed by atoms with E-state index >= 15 is 0 Å². The van der Waals surface area contributed by atoms with E-state index in [1.807, 2.05) is 0 Å². The number of ketones is 1. The van der Waals surface area contributed by atoms with Gasteiger partial charge in [0.2, 0.25) is 0 Å². The van der Waals surface area contributed by atoms with Crippen molar-refractivity contribution in [2.75, 3.05) is 0 Å². The highest BCUT2D eigenvalue weighted by Crippen LogP contribution is 2.55. The van der Waals surface area contributed by atoms with E-state index in [1.54, 1.807) is 12.3 Å². The Morgan fingerprint density at radius 1 is 1.25 bits per heavy atom. The Labute approximate surface area is 115 Å². The van der Waals surface area contributed by atoms with Gasteiger partial charge in [0.25, 0.3) is 5.69 Å². The van der Waals surface area contributed by atoms with Crippen LogP contribution < -0.4 is 0 Å². The van der Waals surface area contributed by atoms with E-state index in [1.165, 1.54) is 18.6 Å². The summed E-state index contributed by atoms with van der Waals surface area (Å²) in [5, 5.41) is 11.5. The van der Waals surface area contributed by atoms with Crippen molar-refractivity contribution in [1.29, 1.82) is 0 Å². The largest absolute Gasteiger partial charge is 0.360 e. The molecule has 2 aromatic rings. The molecule has 5 heteroatoms. The molecule has 2 saturated carbocycles. The van der Waals surface area contributed by atoms with Gasteiger partial charge in [0.1, 0.15) is 0 Å². The lowest BCUT2D eigenvalue weighted by Gasteiger charge is -2.09. The zero-order valence-corrected chi connectivity index (χ0v) is 10.8. The van der Waals surface area contributed by atoms with Crippen LogP contribution in [0, 0.1) is 27.9 Å². The lowest BCUT2D eigenvalue weighted by Crippen LogP contribution is -2.12. The summed E-state index contributed by atoms with van der Waals surface area (Å²) >= 11 is 0. The van der Waals surface area contributed by atoms with Crippen LogP contribution in [-0.2, 0) is 0 Å². The molecule has 1 aromatic carbocycles. The number of rotatable bonds is 3. The number of nitrogens with zero attached hydrogens (tertiary/aromatic N) is 1. The van der Waals surface area contributed by atoms with Crippen molar-refractivity contribution in [3.8, 4) is 0 Å². The second kappa shape index (κ2) is 3.91. The number of Topliss-reactive ketones (excluding diaryl/α,β-unsaturated/α-hetero) is 1. The molecule has 5 nitrogen and oxygen atoms in total. The minimum Gasteiger partial charge on any atom is -0.360 e. The van der Waals surface area contributed by atoms with Crippen LogP contribution in [0.4, 0.5) is 5.69 Å². The number of nitrogens with one attached hydrogen (secondary N) is 1. The fourth-order valence-electron chi connectivity index (χ4n) is 3.57. The van der Waals surface area contributed by atoms with Gasteiger partial charge in [0.15, 0.2) is 5.78 Å². The van der Waals surface area contributed by atoms with Gasteiger partial charge in [-0.3, -0.25) is 14.9 Å². The van der Waals surface area contributed by atoms with Gasteiger partial charge in [0.05, 0.1) is 4.92 Å². The average Bonchev–Trinajstić information content (AvgIpc) is 2.89. The van der Waals surface area contributed by atoms with Crippen molar-refractivity contribution in [2.24, 2.45) is 17.8 Å². The van der Waals surface area contributed by atoms with E-state index in [2.05, 4.69) is 4.98 Å². The Balaban J connectivity index is 1.73. The number of carbonyl (C=O) groups excluding carboxylic acids is 1. The number of aromatic nitrogens is 1. The van der Waals surface area contributed by atoms with Crippen molar-refractivity contribution >= 4 is 22.4 Å². The van der Waals surface area contributed by atoms with Crippen molar-refractivity contribution in [3.63, 3.8) is 0 Å². The molecule has 0 saturated heterocycles. The van der Waals surface area contributed by atoms with Crippen LogP contribution in [0.3, 0.4) is 0 Å². The number of aromatic amines is 1. The molecule has 0 amide bonds. The predicted molar refractivity (Wildman–Crippen MR) is 73.6 cm³/mol. The minimum absolute atomic E-state index is 0.0282. The zero-order valence-electron chi connectivity index (χ0n) is 10.8. The van der Waals surface area contributed by atoms with Crippen LogP contribution in [0.1, 0.15) is 29.6 Å². The molecular weight excluding hydrogens is 256 g/mol. The zero-order chi connectivity index (χ0) is 13.9. The molecule has 1 heterocycles. The molecule has 0 radical (unpaired) electrons. The van der Waals surface area contributed by atoms with Gasteiger partial charge in [-0.2, -0.15) is 0 Å². The van der Waals surface area contributed by atoms with E-state index in [4.69, 9.17) is 0 Å². The summed E-state index contributed by atoms with van der Waals surface area (Å²) in [5.41, 5.74) is 1.41. The van der Waals surface area contributed by atoms with Crippen LogP contribution in [0.15, 0.2) is 24.4 Å². The van der Waals surface area contributed by atoms with Gasteiger partial charge < -0.3 is 4.98 Å². The third-order valence-corrected chi connectivity index (χ3v) is 4.76. The van der Waals surface area contributed by atoms with Crippen LogP contribution in [0.2, 0.25) is 0 Å². The average molecular weight is 270 g/mol. The Morgan fingerprint density at radius 3 is 2.70 bits per heavy atom. The van der Waals surface area contributed by atoms with Gasteiger partial charge in [0, 0.05) is 40.7 Å². The van der Waals surface area contributed by atoms with Gasteiger partial charge in [-0.25, -0.2) is 0 Å². The number of carbonyl (C=O) groups is 1. The van der Waals surface area contributed by atoms with Crippen LogP contribution in [0.5, 0.6) is 0 Å². The third-order valence-electron chi connectivity index (χ3n) is 4.76. The number of benzene rings is 1. The SMILES string of the molecule is O=C(c1c[nH]c2ccc([N+](=O)[O-])cc12)C1CC2CC2C1. The highest BCUT2D eigenvalue weighted by atomic mass is 16.6. The van der Waals surface area contributed by atoms with Gasteiger partial charge in [-0.05, 0) is 37.2 Å². The van der Waals surface area contributed by atoms with E-state index in [-0.39, 0.29) is 17.4 Å². The summed E-state index contributed by atoms with van der Waals surface area (Å²) in [6.07, 6.45) is 4.96. The molecule has 2 atom stereocenters. The third kappa shape index (κ3) is 1.66. The van der Waals surface area contributed by atoms with E-state index in [0.717, 1.165) is 30.2 Å². The summed E-state index contributed by atoms with van der Waals surface area (Å²) in [5.74, 6) is 1.76. The molecule has 4 rings (SSSR count). The number of nitro groups is 1. The second-order valence-corrected chi connectivity index (χ2v) is 5.98. The van der Waals surface area contributed by atoms with Crippen molar-refractivity contribution in [2.45, 2.75) is 19.3 Å². The number of H-pyrrole nitrogens is 1. The molecule has 1 N–H and O–H groups in total. The molecule has 2 unspecified atom stereocenters. The normalized spacial score (nSPS) is 27.5. The first-order chi connectivity index (χ1) is 9.63. The number of hydrogen-bond acceptors (Lipinski definition) is 3. The molecule has 0 aliphatic heterocycles. The molecule has 0 spiro atoms. The Morgan fingerprint density at radius 2 is 2.00 bits per heavy atom. The van der Waals surface area contributed by atoms with Crippen molar-refractivity contribution in [1.82, 2.24) is 4.98 Å². The van der Waals surface area contributed by atoms with Gasteiger partial charge >= 0.3 is 0 Å². The van der Waals surface area contributed by atoms with E-state index in [9.17, 15) is 14.9 Å². The molecule has 2 aliphatic carbocycles. The summed E-state index contributed by atoms with van der Waals surface area (Å²) in [6, 6.07) is 4.61. The first kappa shape index (κ1) is 11.6. The standard InChI is InChI=1S/C15H14N2O3/c18-15(10-4-8-3-9(8)5-10)13-7-16-14-2-1-11(17(19)20)6-12(13)14/h1-2,6-10,16H,3-5H2. The topological polar surface area (TPSA) is 76.0 Å². The van der Waals surface area contributed by atoms with E-state index in [0.29, 0.717) is 10.9 Å². The van der Waals surface area contributed by atoms with Crippen molar-refractivity contribution in [3.05, 3.63) is 40.1 Å². The van der Waals surface area contributed by atoms with Crippen LogP contribution >= 0.6 is 0 Å². The van der Waals surface area contributed by atoms with Crippen LogP contribution in [-0.4, -0.2) is 15.7 Å². The Kier molecular flexibility index (Phi) is 2.28. The smallest absolute Gasteiger partial charge is 0.270 e. The first-order valence-electron chi connectivity index (χ1n) is 6.93. The molecule has 1 aromatic heterocycles. The molecule has 2 fully saturated rings.